The number of hydrogen-bond acceptors (Lipinski definition) is 5. The standard InChI is InChI=1S/C17H30N4O3/c1-13(2)16(18(3)4)17(24)20-10-7-19(8-11-20)9-12-21-14(22)5-6-15(21)23/h13,16H,5-12H2,1-4H3/t16-/m0/s1. The van der Waals surface area contributed by atoms with Crippen molar-refractivity contribution >= 4 is 17.7 Å². The van der Waals surface area contributed by atoms with Crippen LogP contribution in [-0.2, 0) is 14.4 Å². The Balaban J connectivity index is 1.79. The van der Waals surface area contributed by atoms with Crippen LogP contribution in [0.4, 0.5) is 0 Å². The van der Waals surface area contributed by atoms with E-state index in [0.29, 0.717) is 39.0 Å². The number of likely N-dealkylation sites (N-methyl/N-ethyl adjacent to an activating group) is 1. The number of likely N-dealkylation sites (tertiary alicyclic amines) is 1. The quantitative estimate of drug-likeness (QED) is 0.631. The van der Waals surface area contributed by atoms with Crippen LogP contribution in [0.2, 0.25) is 0 Å². The summed E-state index contributed by atoms with van der Waals surface area (Å²) in [5.41, 5.74) is 0. The summed E-state index contributed by atoms with van der Waals surface area (Å²) in [6.45, 7) is 8.31. The van der Waals surface area contributed by atoms with Gasteiger partial charge in [0.15, 0.2) is 0 Å². The normalized spacial score (nSPS) is 21.2. The maximum atomic E-state index is 12.7. The van der Waals surface area contributed by atoms with Crippen molar-refractivity contribution in [2.24, 2.45) is 5.92 Å². The van der Waals surface area contributed by atoms with E-state index in [1.807, 2.05) is 23.9 Å². The van der Waals surface area contributed by atoms with Crippen molar-refractivity contribution in [2.45, 2.75) is 32.7 Å². The number of nitrogens with zero attached hydrogens (tertiary/aromatic N) is 4. The van der Waals surface area contributed by atoms with E-state index in [9.17, 15) is 14.4 Å². The fourth-order valence-electron chi connectivity index (χ4n) is 3.59. The lowest BCUT2D eigenvalue weighted by molar-refractivity contribution is -0.139. The zero-order valence-electron chi connectivity index (χ0n) is 15.3. The predicted octanol–water partition coefficient (Wildman–Crippen LogP) is -0.134. The van der Waals surface area contributed by atoms with Crippen LogP contribution in [0, 0.1) is 5.92 Å². The van der Waals surface area contributed by atoms with Gasteiger partial charge in [0.05, 0.1) is 6.04 Å². The maximum absolute atomic E-state index is 12.7. The summed E-state index contributed by atoms with van der Waals surface area (Å²) in [6, 6.07) is -0.0867. The summed E-state index contributed by atoms with van der Waals surface area (Å²) in [4.78, 5) is 43.5. The van der Waals surface area contributed by atoms with Gasteiger partial charge in [0.25, 0.3) is 0 Å². The van der Waals surface area contributed by atoms with Crippen molar-refractivity contribution in [3.8, 4) is 0 Å². The molecule has 0 unspecified atom stereocenters. The van der Waals surface area contributed by atoms with E-state index >= 15 is 0 Å². The summed E-state index contributed by atoms with van der Waals surface area (Å²) < 4.78 is 0. The lowest BCUT2D eigenvalue weighted by Crippen LogP contribution is -2.55. The molecule has 2 saturated heterocycles. The molecule has 7 nitrogen and oxygen atoms in total. The Kier molecular flexibility index (Phi) is 6.34. The maximum Gasteiger partial charge on any atom is 0.240 e. The van der Waals surface area contributed by atoms with Gasteiger partial charge < -0.3 is 4.90 Å². The average molecular weight is 338 g/mol. The fourth-order valence-corrected chi connectivity index (χ4v) is 3.59. The molecular formula is C17H30N4O3. The Bertz CT molecular complexity index is 460. The van der Waals surface area contributed by atoms with Crippen molar-refractivity contribution in [1.82, 2.24) is 19.6 Å². The first kappa shape index (κ1) is 18.9. The van der Waals surface area contributed by atoms with Crippen molar-refractivity contribution in [3.63, 3.8) is 0 Å². The second-order valence-electron chi connectivity index (χ2n) is 7.26. The van der Waals surface area contributed by atoms with E-state index in [4.69, 9.17) is 0 Å². The number of rotatable bonds is 6. The molecule has 136 valence electrons. The third-order valence-corrected chi connectivity index (χ3v) is 4.92. The molecule has 1 atom stereocenters. The molecule has 0 aromatic heterocycles. The molecule has 0 aromatic rings. The minimum Gasteiger partial charge on any atom is -0.339 e. The first-order chi connectivity index (χ1) is 11.3. The molecule has 0 N–H and O–H groups in total. The van der Waals surface area contributed by atoms with E-state index in [1.165, 1.54) is 4.90 Å². The minimum absolute atomic E-state index is 0.0560. The van der Waals surface area contributed by atoms with Crippen LogP contribution in [-0.4, -0.2) is 96.7 Å². The summed E-state index contributed by atoms with van der Waals surface area (Å²) in [5.74, 6) is 0.358. The zero-order valence-corrected chi connectivity index (χ0v) is 15.3. The van der Waals surface area contributed by atoms with Gasteiger partial charge in [0, 0.05) is 52.1 Å². The average Bonchev–Trinajstić information content (AvgIpc) is 2.83. The van der Waals surface area contributed by atoms with Gasteiger partial charge >= 0.3 is 0 Å². The molecule has 0 radical (unpaired) electrons. The van der Waals surface area contributed by atoms with Crippen LogP contribution in [0.25, 0.3) is 0 Å². The molecule has 0 bridgehead atoms. The minimum atomic E-state index is -0.0867. The molecule has 2 heterocycles. The first-order valence-corrected chi connectivity index (χ1v) is 8.82. The monoisotopic (exact) mass is 338 g/mol. The van der Waals surface area contributed by atoms with Crippen LogP contribution in [0.15, 0.2) is 0 Å². The largest absolute Gasteiger partial charge is 0.339 e. The first-order valence-electron chi connectivity index (χ1n) is 8.82. The van der Waals surface area contributed by atoms with Gasteiger partial charge in [0.2, 0.25) is 17.7 Å². The van der Waals surface area contributed by atoms with Crippen LogP contribution in [0.3, 0.4) is 0 Å². The van der Waals surface area contributed by atoms with Gasteiger partial charge in [-0.25, -0.2) is 0 Å². The molecule has 0 spiro atoms. The smallest absolute Gasteiger partial charge is 0.240 e. The molecule has 0 aliphatic carbocycles. The van der Waals surface area contributed by atoms with Crippen LogP contribution >= 0.6 is 0 Å². The molecular weight excluding hydrogens is 308 g/mol. The van der Waals surface area contributed by atoms with Gasteiger partial charge in [0.1, 0.15) is 0 Å². The number of carbonyl (C=O) groups excluding carboxylic acids is 3. The van der Waals surface area contributed by atoms with Gasteiger partial charge in [-0.15, -0.1) is 0 Å². The number of imide groups is 1. The van der Waals surface area contributed by atoms with E-state index < -0.39 is 0 Å². The van der Waals surface area contributed by atoms with Gasteiger partial charge in [-0.3, -0.25) is 29.1 Å². The number of amides is 3. The van der Waals surface area contributed by atoms with Gasteiger partial charge in [-0.1, -0.05) is 13.8 Å². The Morgan fingerprint density at radius 1 is 1.00 bits per heavy atom. The van der Waals surface area contributed by atoms with E-state index in [0.717, 1.165) is 13.1 Å². The predicted molar refractivity (Wildman–Crippen MR) is 91.3 cm³/mol. The third-order valence-electron chi connectivity index (χ3n) is 4.92. The summed E-state index contributed by atoms with van der Waals surface area (Å²) in [7, 11) is 3.89. The lowest BCUT2D eigenvalue weighted by atomic mass is 10.0. The second-order valence-corrected chi connectivity index (χ2v) is 7.26. The Morgan fingerprint density at radius 2 is 1.54 bits per heavy atom. The Morgan fingerprint density at radius 3 is 2.00 bits per heavy atom. The van der Waals surface area contributed by atoms with E-state index in [2.05, 4.69) is 18.7 Å². The topological polar surface area (TPSA) is 64.2 Å². The molecule has 2 aliphatic rings. The fraction of sp³-hybridized carbons (Fsp3) is 0.824. The SMILES string of the molecule is CC(C)[C@@H](C(=O)N1CCN(CCN2C(=O)CCC2=O)CC1)N(C)C. The van der Waals surface area contributed by atoms with E-state index in [-0.39, 0.29) is 29.7 Å². The molecule has 0 aromatic carbocycles. The number of piperazine rings is 1. The highest BCUT2D eigenvalue weighted by Crippen LogP contribution is 2.14. The summed E-state index contributed by atoms with van der Waals surface area (Å²) in [6.07, 6.45) is 0.699. The Labute approximate surface area is 144 Å². The summed E-state index contributed by atoms with van der Waals surface area (Å²) >= 11 is 0. The highest BCUT2D eigenvalue weighted by atomic mass is 16.2. The number of carbonyl (C=O) groups is 3. The molecule has 7 heteroatoms. The number of hydrogen-bond donors (Lipinski definition) is 0. The highest BCUT2D eigenvalue weighted by molar-refractivity contribution is 6.01. The molecule has 2 rings (SSSR count). The van der Waals surface area contributed by atoms with Gasteiger partial charge in [-0.05, 0) is 20.0 Å². The zero-order chi connectivity index (χ0) is 17.9. The van der Waals surface area contributed by atoms with Crippen LogP contribution in [0.5, 0.6) is 0 Å². The highest BCUT2D eigenvalue weighted by Gasteiger charge is 2.32. The third kappa shape index (κ3) is 4.33. The molecule has 2 aliphatic heterocycles. The lowest BCUT2D eigenvalue weighted by Gasteiger charge is -2.39. The van der Waals surface area contributed by atoms with Crippen molar-refractivity contribution in [3.05, 3.63) is 0 Å². The molecule has 0 saturated carbocycles. The molecule has 3 amide bonds. The van der Waals surface area contributed by atoms with Crippen molar-refractivity contribution < 1.29 is 14.4 Å². The van der Waals surface area contributed by atoms with E-state index in [1.54, 1.807) is 0 Å². The van der Waals surface area contributed by atoms with Crippen molar-refractivity contribution in [2.75, 3.05) is 53.4 Å². The van der Waals surface area contributed by atoms with Crippen LogP contribution in [0.1, 0.15) is 26.7 Å². The molecule has 24 heavy (non-hydrogen) atoms. The Hall–Kier alpha value is -1.47. The van der Waals surface area contributed by atoms with Gasteiger partial charge in [-0.2, -0.15) is 0 Å². The van der Waals surface area contributed by atoms with Crippen molar-refractivity contribution in [1.29, 1.82) is 0 Å². The summed E-state index contributed by atoms with van der Waals surface area (Å²) in [5, 5.41) is 0. The molecule has 2 fully saturated rings. The van der Waals surface area contributed by atoms with Crippen LogP contribution < -0.4 is 0 Å². The second kappa shape index (κ2) is 8.07.